The minimum atomic E-state index is -0.164. The summed E-state index contributed by atoms with van der Waals surface area (Å²) >= 11 is 3.50. The third kappa shape index (κ3) is 6.79. The topological polar surface area (TPSA) is 65.7 Å². The summed E-state index contributed by atoms with van der Waals surface area (Å²) in [7, 11) is 0. The Morgan fingerprint density at radius 1 is 1.10 bits per heavy atom. The van der Waals surface area contributed by atoms with Gasteiger partial charge >= 0.3 is 0 Å². The minimum Gasteiger partial charge on any atom is -0.490 e. The Kier molecular flexibility index (Phi) is 9.35. The summed E-state index contributed by atoms with van der Waals surface area (Å²) in [5.74, 6) is 2.27. The third-order valence-electron chi connectivity index (χ3n) is 7.41. The van der Waals surface area contributed by atoms with E-state index in [0.717, 1.165) is 52.7 Å². The van der Waals surface area contributed by atoms with Crippen LogP contribution in [0, 0.1) is 6.92 Å². The van der Waals surface area contributed by atoms with E-state index in [1.807, 2.05) is 49.4 Å². The van der Waals surface area contributed by atoms with Gasteiger partial charge in [-0.3, -0.25) is 4.79 Å². The Labute approximate surface area is 249 Å². The summed E-state index contributed by atoms with van der Waals surface area (Å²) in [5.41, 5.74) is 4.57. The van der Waals surface area contributed by atoms with Crippen molar-refractivity contribution in [1.82, 2.24) is 9.66 Å². The molecule has 1 aromatic heterocycles. The number of nitrogens with zero attached hydrogens (tertiary/aromatic N) is 3. The molecule has 1 heterocycles. The molecule has 0 atom stereocenters. The molecule has 4 aromatic rings. The lowest BCUT2D eigenvalue weighted by Gasteiger charge is -2.22. The Morgan fingerprint density at radius 2 is 1.93 bits per heavy atom. The maximum Gasteiger partial charge on any atom is 0.282 e. The lowest BCUT2D eigenvalue weighted by atomic mass is 9.88. The van der Waals surface area contributed by atoms with Crippen LogP contribution in [0.5, 0.6) is 11.5 Å². The lowest BCUT2D eigenvalue weighted by molar-refractivity contribution is 0.267. The minimum absolute atomic E-state index is 0.164. The molecule has 0 radical (unpaired) electrons. The second kappa shape index (κ2) is 13.3. The molecular formula is C34H36BrN3O3. The van der Waals surface area contributed by atoms with Gasteiger partial charge in [0.2, 0.25) is 0 Å². The number of ether oxygens (including phenoxy) is 2. The van der Waals surface area contributed by atoms with Crippen molar-refractivity contribution < 1.29 is 9.47 Å². The van der Waals surface area contributed by atoms with E-state index in [1.54, 1.807) is 6.21 Å². The maximum absolute atomic E-state index is 13.7. The second-order valence-corrected chi connectivity index (χ2v) is 11.5. The number of aromatic nitrogens is 2. The predicted octanol–water partition coefficient (Wildman–Crippen LogP) is 8.10. The average molecular weight is 615 g/mol. The van der Waals surface area contributed by atoms with Crippen LogP contribution < -0.4 is 15.0 Å². The molecule has 1 fully saturated rings. The highest BCUT2D eigenvalue weighted by Crippen LogP contribution is 2.35. The smallest absolute Gasteiger partial charge is 0.282 e. The van der Waals surface area contributed by atoms with Crippen molar-refractivity contribution >= 4 is 33.0 Å². The normalized spacial score (nSPS) is 14.0. The van der Waals surface area contributed by atoms with Crippen LogP contribution in [-0.2, 0) is 13.0 Å². The number of benzene rings is 3. The summed E-state index contributed by atoms with van der Waals surface area (Å²) in [5, 5.41) is 5.29. The van der Waals surface area contributed by atoms with Gasteiger partial charge in [-0.25, -0.2) is 4.98 Å². The molecule has 1 saturated carbocycles. The first-order valence-corrected chi connectivity index (χ1v) is 15.1. The van der Waals surface area contributed by atoms with Crippen LogP contribution in [0.3, 0.4) is 0 Å². The van der Waals surface area contributed by atoms with Crippen molar-refractivity contribution in [1.29, 1.82) is 0 Å². The molecule has 6 nitrogen and oxygen atoms in total. The van der Waals surface area contributed by atoms with Gasteiger partial charge in [0.05, 0.1) is 23.7 Å². The van der Waals surface area contributed by atoms with Gasteiger partial charge in [0.25, 0.3) is 5.56 Å². The molecule has 41 heavy (non-hydrogen) atoms. The van der Waals surface area contributed by atoms with E-state index in [9.17, 15) is 4.79 Å². The third-order valence-corrected chi connectivity index (χ3v) is 7.90. The lowest BCUT2D eigenvalue weighted by Crippen LogP contribution is -2.25. The van der Waals surface area contributed by atoms with Gasteiger partial charge in [-0.1, -0.05) is 71.1 Å². The highest BCUT2D eigenvalue weighted by atomic mass is 79.9. The molecule has 212 valence electrons. The van der Waals surface area contributed by atoms with Gasteiger partial charge in [-0.05, 0) is 74.6 Å². The molecule has 0 saturated heterocycles. The van der Waals surface area contributed by atoms with E-state index in [2.05, 4.69) is 47.6 Å². The molecule has 0 spiro atoms. The molecule has 7 heteroatoms. The number of hydrogen-bond acceptors (Lipinski definition) is 5. The van der Waals surface area contributed by atoms with Crippen LogP contribution >= 0.6 is 15.9 Å². The van der Waals surface area contributed by atoms with Crippen molar-refractivity contribution in [3.8, 4) is 11.5 Å². The molecule has 5 rings (SSSR count). The van der Waals surface area contributed by atoms with E-state index in [1.165, 1.54) is 16.7 Å². The predicted molar refractivity (Wildman–Crippen MR) is 170 cm³/mol. The highest BCUT2D eigenvalue weighted by Gasteiger charge is 2.23. The second-order valence-electron chi connectivity index (χ2n) is 10.5. The summed E-state index contributed by atoms with van der Waals surface area (Å²) in [6.45, 7) is 8.89. The van der Waals surface area contributed by atoms with Crippen LogP contribution in [0.1, 0.15) is 73.0 Å². The van der Waals surface area contributed by atoms with E-state index < -0.39 is 0 Å². The maximum atomic E-state index is 13.7. The molecule has 3 aromatic carbocycles. The SMILES string of the molecule is C=CCc1cc(C=Nn2c(C3CCCCC3)nc3ccc(Br)cc3c2=O)cc(OCC)c1OCc1cccc(C)c1. The summed E-state index contributed by atoms with van der Waals surface area (Å²) in [6.07, 6.45) is 9.67. The zero-order valence-electron chi connectivity index (χ0n) is 23.7. The zero-order chi connectivity index (χ0) is 28.8. The number of halogens is 1. The number of aryl methyl sites for hydroxylation is 1. The zero-order valence-corrected chi connectivity index (χ0v) is 25.3. The number of rotatable bonds is 10. The van der Waals surface area contributed by atoms with Gasteiger partial charge in [0, 0.05) is 16.0 Å². The molecule has 1 aliphatic rings. The van der Waals surface area contributed by atoms with Crippen molar-refractivity contribution in [2.75, 3.05) is 6.61 Å². The molecule has 0 aliphatic heterocycles. The fraction of sp³-hybridized carbons (Fsp3) is 0.324. The van der Waals surface area contributed by atoms with Gasteiger partial charge in [-0.15, -0.1) is 6.58 Å². The van der Waals surface area contributed by atoms with Crippen molar-refractivity contribution in [3.63, 3.8) is 0 Å². The summed E-state index contributed by atoms with van der Waals surface area (Å²) in [6, 6.07) is 17.9. The monoisotopic (exact) mass is 613 g/mol. The van der Waals surface area contributed by atoms with Crippen molar-refractivity contribution in [2.24, 2.45) is 5.10 Å². The van der Waals surface area contributed by atoms with Crippen LogP contribution in [-0.4, -0.2) is 22.5 Å². The first-order valence-electron chi connectivity index (χ1n) is 14.3. The first kappa shape index (κ1) is 28.8. The fourth-order valence-corrected chi connectivity index (χ4v) is 5.84. The molecule has 0 bridgehead atoms. The summed E-state index contributed by atoms with van der Waals surface area (Å²) < 4.78 is 14.7. The molecular weight excluding hydrogens is 578 g/mol. The molecule has 0 unspecified atom stereocenters. The molecule has 0 amide bonds. The number of allylic oxidation sites excluding steroid dienone is 1. The van der Waals surface area contributed by atoms with Crippen LogP contribution in [0.4, 0.5) is 0 Å². The number of fused-ring (bicyclic) bond motifs is 1. The highest BCUT2D eigenvalue weighted by molar-refractivity contribution is 9.10. The standard InChI is InChI=1S/C34H36BrN3O3/c1-4-10-27-18-25(19-31(40-5-2)32(27)41-22-24-12-9-11-23(3)17-24)21-36-38-33(26-13-7-6-8-14-26)37-30-16-15-28(35)20-29(30)34(38)39/h4,9,11-12,15-21,26H,1,5-8,10,13-14,22H2,2-3H3. The van der Waals surface area contributed by atoms with Gasteiger partial charge in [-0.2, -0.15) is 9.78 Å². The summed E-state index contributed by atoms with van der Waals surface area (Å²) in [4.78, 5) is 18.7. The van der Waals surface area contributed by atoms with E-state index in [4.69, 9.17) is 19.6 Å². The first-order chi connectivity index (χ1) is 20.0. The average Bonchev–Trinajstić information content (AvgIpc) is 2.97. The molecule has 1 aliphatic carbocycles. The van der Waals surface area contributed by atoms with Gasteiger partial charge < -0.3 is 9.47 Å². The van der Waals surface area contributed by atoms with E-state index in [-0.39, 0.29) is 11.5 Å². The quantitative estimate of drug-likeness (QED) is 0.134. The fourth-order valence-electron chi connectivity index (χ4n) is 5.48. The largest absolute Gasteiger partial charge is 0.490 e. The van der Waals surface area contributed by atoms with E-state index in [0.29, 0.717) is 42.0 Å². The van der Waals surface area contributed by atoms with Crippen molar-refractivity contribution in [3.05, 3.63) is 110 Å². The van der Waals surface area contributed by atoms with Crippen LogP contribution in [0.2, 0.25) is 0 Å². The Balaban J connectivity index is 1.55. The van der Waals surface area contributed by atoms with E-state index >= 15 is 0 Å². The van der Waals surface area contributed by atoms with Crippen LogP contribution in [0.15, 0.2) is 81.6 Å². The van der Waals surface area contributed by atoms with Gasteiger partial charge in [0.15, 0.2) is 11.5 Å². The Morgan fingerprint density at radius 3 is 2.68 bits per heavy atom. The molecule has 0 N–H and O–H groups in total. The Hall–Kier alpha value is -3.71. The van der Waals surface area contributed by atoms with Gasteiger partial charge in [0.1, 0.15) is 12.4 Å². The van der Waals surface area contributed by atoms with Crippen LogP contribution in [0.25, 0.3) is 10.9 Å². The number of hydrogen-bond donors (Lipinski definition) is 0. The van der Waals surface area contributed by atoms with Crippen molar-refractivity contribution in [2.45, 2.75) is 64.9 Å². The Bertz CT molecular complexity index is 1640.